The molecule has 0 saturated carbocycles. The maximum atomic E-state index is 12.2. The number of ether oxygens (including phenoxy) is 2. The van der Waals surface area contributed by atoms with E-state index in [0.717, 1.165) is 17.3 Å². The SMILES string of the molecule is CC(C)(C)OC(=O)NC(Cc1ccc(OCc2ccccc2)cc1)C(=O)C=[N+]=[N-]. The molecule has 1 N–H and O–H groups in total. The lowest BCUT2D eigenvalue weighted by molar-refractivity contribution is -0.118. The fraction of sp³-hybridized carbons (Fsp3) is 0.318. The first kappa shape index (κ1) is 21.9. The number of ketones is 1. The van der Waals surface area contributed by atoms with Crippen LogP contribution in [0.25, 0.3) is 5.53 Å². The van der Waals surface area contributed by atoms with E-state index in [9.17, 15) is 9.59 Å². The molecule has 0 spiro atoms. The van der Waals surface area contributed by atoms with Crippen LogP contribution in [0.4, 0.5) is 4.79 Å². The van der Waals surface area contributed by atoms with Crippen LogP contribution in [0.1, 0.15) is 31.9 Å². The summed E-state index contributed by atoms with van der Waals surface area (Å²) in [4.78, 5) is 27.0. The average Bonchev–Trinajstić information content (AvgIpc) is 2.66. The topological polar surface area (TPSA) is 101 Å². The Kier molecular flexibility index (Phi) is 7.69. The molecule has 0 aliphatic heterocycles. The normalized spacial score (nSPS) is 11.7. The monoisotopic (exact) mass is 395 g/mol. The van der Waals surface area contributed by atoms with E-state index in [1.54, 1.807) is 32.9 Å². The molecule has 0 radical (unpaired) electrons. The van der Waals surface area contributed by atoms with Gasteiger partial charge in [0.25, 0.3) is 5.78 Å². The van der Waals surface area contributed by atoms with Crippen molar-refractivity contribution < 1.29 is 23.9 Å². The van der Waals surface area contributed by atoms with Gasteiger partial charge in [-0.2, -0.15) is 4.79 Å². The van der Waals surface area contributed by atoms with E-state index in [2.05, 4.69) is 10.1 Å². The number of benzene rings is 2. The van der Waals surface area contributed by atoms with Crippen molar-refractivity contribution in [1.82, 2.24) is 5.32 Å². The summed E-state index contributed by atoms with van der Waals surface area (Å²) < 4.78 is 10.9. The minimum atomic E-state index is -0.920. The van der Waals surface area contributed by atoms with Gasteiger partial charge in [0.15, 0.2) is 0 Å². The second-order valence-corrected chi connectivity index (χ2v) is 7.47. The molecule has 0 aliphatic rings. The molecule has 0 aliphatic carbocycles. The van der Waals surface area contributed by atoms with Gasteiger partial charge in [-0.1, -0.05) is 42.5 Å². The second-order valence-electron chi connectivity index (χ2n) is 7.47. The predicted molar refractivity (Wildman–Crippen MR) is 109 cm³/mol. The van der Waals surface area contributed by atoms with Gasteiger partial charge in [-0.25, -0.2) is 4.79 Å². The maximum Gasteiger partial charge on any atom is 0.408 e. The third kappa shape index (κ3) is 7.99. The molecule has 2 rings (SSSR count). The Morgan fingerprint density at radius 3 is 2.31 bits per heavy atom. The van der Waals surface area contributed by atoms with Crippen LogP contribution in [0.15, 0.2) is 54.6 Å². The zero-order valence-corrected chi connectivity index (χ0v) is 16.8. The molecule has 0 heterocycles. The van der Waals surface area contributed by atoms with Gasteiger partial charge in [0, 0.05) is 6.42 Å². The van der Waals surface area contributed by atoms with Crippen molar-refractivity contribution in [3.8, 4) is 5.75 Å². The van der Waals surface area contributed by atoms with E-state index >= 15 is 0 Å². The Hall–Kier alpha value is -3.44. The van der Waals surface area contributed by atoms with Crippen LogP contribution in [-0.4, -0.2) is 34.5 Å². The highest BCUT2D eigenvalue weighted by Crippen LogP contribution is 2.16. The van der Waals surface area contributed by atoms with Crippen molar-refractivity contribution in [3.05, 3.63) is 71.3 Å². The molecule has 29 heavy (non-hydrogen) atoms. The minimum Gasteiger partial charge on any atom is -0.489 e. The summed E-state index contributed by atoms with van der Waals surface area (Å²) in [5, 5.41) is 2.52. The van der Waals surface area contributed by atoms with Gasteiger partial charge >= 0.3 is 12.3 Å². The number of nitrogens with one attached hydrogen (secondary N) is 1. The van der Waals surface area contributed by atoms with E-state index in [4.69, 9.17) is 15.0 Å². The van der Waals surface area contributed by atoms with Gasteiger partial charge in [0.1, 0.15) is 24.0 Å². The Balaban J connectivity index is 2.01. The van der Waals surface area contributed by atoms with Crippen LogP contribution in [-0.2, 0) is 22.6 Å². The van der Waals surface area contributed by atoms with Crippen molar-refractivity contribution in [1.29, 1.82) is 0 Å². The number of rotatable bonds is 8. The number of hydrogen-bond donors (Lipinski definition) is 1. The minimum absolute atomic E-state index is 0.211. The van der Waals surface area contributed by atoms with Gasteiger partial charge in [-0.05, 0) is 44.0 Å². The molecular weight excluding hydrogens is 370 g/mol. The molecular formula is C22H25N3O4. The molecule has 1 atom stereocenters. The van der Waals surface area contributed by atoms with Gasteiger partial charge in [0.2, 0.25) is 0 Å². The van der Waals surface area contributed by atoms with Crippen LogP contribution < -0.4 is 10.1 Å². The van der Waals surface area contributed by atoms with E-state index in [0.29, 0.717) is 12.4 Å². The van der Waals surface area contributed by atoms with Crippen molar-refractivity contribution in [2.24, 2.45) is 0 Å². The molecule has 2 aromatic rings. The van der Waals surface area contributed by atoms with E-state index in [-0.39, 0.29) is 6.42 Å². The number of Topliss-reactive ketones (excluding diaryl/α,β-unsaturated/α-hetero) is 1. The van der Waals surface area contributed by atoms with Crippen LogP contribution in [0, 0.1) is 0 Å². The fourth-order valence-corrected chi connectivity index (χ4v) is 2.52. The first-order valence-electron chi connectivity index (χ1n) is 9.23. The van der Waals surface area contributed by atoms with Crippen molar-refractivity contribution in [2.45, 2.75) is 45.4 Å². The number of carbonyl (C=O) groups is 2. The zero-order valence-electron chi connectivity index (χ0n) is 16.8. The van der Waals surface area contributed by atoms with Gasteiger partial charge < -0.3 is 20.3 Å². The first-order valence-corrected chi connectivity index (χ1v) is 9.23. The fourth-order valence-electron chi connectivity index (χ4n) is 2.52. The molecule has 7 heteroatoms. The number of amides is 1. The van der Waals surface area contributed by atoms with Gasteiger partial charge in [-0.15, -0.1) is 0 Å². The van der Waals surface area contributed by atoms with E-state index < -0.39 is 23.5 Å². The van der Waals surface area contributed by atoms with Crippen LogP contribution in [0.2, 0.25) is 0 Å². The third-order valence-electron chi connectivity index (χ3n) is 3.83. The van der Waals surface area contributed by atoms with Gasteiger partial charge in [-0.3, -0.25) is 4.79 Å². The summed E-state index contributed by atoms with van der Waals surface area (Å²) in [5.74, 6) is 0.153. The highest BCUT2D eigenvalue weighted by molar-refractivity contribution is 6.28. The average molecular weight is 395 g/mol. The number of alkyl carbamates (subject to hydrolysis) is 1. The van der Waals surface area contributed by atoms with Gasteiger partial charge in [0.05, 0.1) is 0 Å². The molecule has 1 amide bonds. The van der Waals surface area contributed by atoms with Crippen molar-refractivity contribution in [2.75, 3.05) is 0 Å². The van der Waals surface area contributed by atoms with E-state index in [1.807, 2.05) is 42.5 Å². The highest BCUT2D eigenvalue weighted by Gasteiger charge is 2.25. The first-order chi connectivity index (χ1) is 13.8. The molecule has 1 unspecified atom stereocenters. The van der Waals surface area contributed by atoms with Crippen molar-refractivity contribution >= 4 is 18.1 Å². The summed E-state index contributed by atoms with van der Waals surface area (Å²) in [6, 6.07) is 16.1. The third-order valence-corrected chi connectivity index (χ3v) is 3.83. The predicted octanol–water partition coefficient (Wildman–Crippen LogP) is 3.57. The standard InChI is InChI=1S/C22H25N3O4/c1-22(2,3)29-21(27)25-19(20(26)14-24-23)13-16-9-11-18(12-10-16)28-15-17-7-5-4-6-8-17/h4-12,14,19H,13,15H2,1-3H3,(H,25,27). The molecule has 0 aromatic heterocycles. The Morgan fingerprint density at radius 1 is 1.07 bits per heavy atom. The summed E-state index contributed by atoms with van der Waals surface area (Å²) in [7, 11) is 0. The highest BCUT2D eigenvalue weighted by atomic mass is 16.6. The largest absolute Gasteiger partial charge is 0.489 e. The summed E-state index contributed by atoms with van der Waals surface area (Å²) >= 11 is 0. The number of nitrogens with zero attached hydrogens (tertiary/aromatic N) is 2. The molecule has 152 valence electrons. The smallest absolute Gasteiger partial charge is 0.408 e. The Morgan fingerprint density at radius 2 is 1.72 bits per heavy atom. The zero-order chi connectivity index (χ0) is 21.3. The molecule has 0 fully saturated rings. The van der Waals surface area contributed by atoms with Crippen LogP contribution in [0.5, 0.6) is 5.75 Å². The quantitative estimate of drug-likeness (QED) is 0.419. The molecule has 7 nitrogen and oxygen atoms in total. The molecule has 0 saturated heterocycles. The summed E-state index contributed by atoms with van der Waals surface area (Å²) in [6.07, 6.45) is 0.257. The van der Waals surface area contributed by atoms with E-state index in [1.165, 1.54) is 0 Å². The maximum absolute atomic E-state index is 12.2. The lowest BCUT2D eigenvalue weighted by atomic mass is 10.0. The summed E-state index contributed by atoms with van der Waals surface area (Å²) in [5.41, 5.74) is 9.82. The molecule has 0 bridgehead atoms. The van der Waals surface area contributed by atoms with Crippen molar-refractivity contribution in [3.63, 3.8) is 0 Å². The second kappa shape index (κ2) is 10.2. The number of hydrogen-bond acceptors (Lipinski definition) is 4. The lowest BCUT2D eigenvalue weighted by Crippen LogP contribution is -2.45. The Labute approximate surface area is 170 Å². The van der Waals surface area contributed by atoms with Crippen LogP contribution >= 0.6 is 0 Å². The Bertz CT molecular complexity index is 867. The lowest BCUT2D eigenvalue weighted by Gasteiger charge is -2.22. The van der Waals surface area contributed by atoms with Crippen LogP contribution in [0.3, 0.4) is 0 Å². The summed E-state index contributed by atoms with van der Waals surface area (Å²) in [6.45, 7) is 5.64. The number of carbonyl (C=O) groups excluding carboxylic acids is 2. The molecule has 2 aromatic carbocycles.